The SMILES string of the molecule is CCn1c(-c2cccnc2C(C)OC)c(CC(C)(C)COC=O)c2cc(-c3cc(O)cc(CC(NC(=O)C(C(C)C)N4CCCC4=O)C(=O)N4CCCCSN4)c3)ccc21. The Morgan fingerprint density at radius 1 is 1.07 bits per heavy atom. The average Bonchev–Trinajstić information content (AvgIpc) is 3.64. The van der Waals surface area contributed by atoms with Crippen LogP contribution in [-0.2, 0) is 48.0 Å². The van der Waals surface area contributed by atoms with Gasteiger partial charge in [0.2, 0.25) is 11.8 Å². The van der Waals surface area contributed by atoms with Crippen molar-refractivity contribution in [2.24, 2.45) is 11.3 Å². The van der Waals surface area contributed by atoms with E-state index in [2.05, 4.69) is 53.7 Å². The molecule has 3 atom stereocenters. The molecule has 3 amide bonds. The summed E-state index contributed by atoms with van der Waals surface area (Å²) in [6.45, 7) is 14.5. The summed E-state index contributed by atoms with van der Waals surface area (Å²) in [5.74, 6) is 0.0165. The molecule has 0 spiro atoms. The van der Waals surface area contributed by atoms with Crippen LogP contribution in [0.5, 0.6) is 5.75 Å². The van der Waals surface area contributed by atoms with Gasteiger partial charge in [-0.2, -0.15) is 4.83 Å². The van der Waals surface area contributed by atoms with Gasteiger partial charge in [-0.05, 0) is 104 Å². The minimum atomic E-state index is -0.966. The third-order valence-corrected chi connectivity index (χ3v) is 12.4. The van der Waals surface area contributed by atoms with E-state index >= 15 is 0 Å². The first kappa shape index (κ1) is 44.6. The Balaban J connectivity index is 1.43. The number of nitrogens with one attached hydrogen (secondary N) is 2. The molecule has 0 bridgehead atoms. The summed E-state index contributed by atoms with van der Waals surface area (Å²) in [7, 11) is 1.67. The van der Waals surface area contributed by atoms with Crippen LogP contribution in [0, 0.1) is 11.3 Å². The number of ether oxygens (including phenoxy) is 2. The molecule has 0 aliphatic carbocycles. The number of nitrogens with zero attached hydrogens (tertiary/aromatic N) is 4. The van der Waals surface area contributed by atoms with E-state index in [0.717, 1.165) is 63.1 Å². The zero-order valence-corrected chi connectivity index (χ0v) is 36.8. The van der Waals surface area contributed by atoms with Crippen molar-refractivity contribution in [2.75, 3.05) is 32.6 Å². The summed E-state index contributed by atoms with van der Waals surface area (Å²) in [4.78, 5) is 62.1. The number of aromatic nitrogens is 2. The van der Waals surface area contributed by atoms with Gasteiger partial charge in [-0.25, -0.2) is 0 Å². The molecule has 13 nitrogen and oxygen atoms in total. The fraction of sp³-hybridized carbons (Fsp3) is 0.500. The lowest BCUT2D eigenvalue weighted by atomic mass is 9.84. The van der Waals surface area contributed by atoms with Crippen molar-refractivity contribution in [1.29, 1.82) is 0 Å². The first-order valence-corrected chi connectivity index (χ1v) is 22.1. The Morgan fingerprint density at radius 2 is 1.87 bits per heavy atom. The number of fused-ring (bicyclic) bond motifs is 1. The topological polar surface area (TPSA) is 155 Å². The summed E-state index contributed by atoms with van der Waals surface area (Å²) in [5.41, 5.74) is 6.71. The van der Waals surface area contributed by atoms with Crippen LogP contribution in [0.15, 0.2) is 54.7 Å². The van der Waals surface area contributed by atoms with Crippen LogP contribution in [0.3, 0.4) is 0 Å². The Hall–Kier alpha value is -4.92. The van der Waals surface area contributed by atoms with Crippen LogP contribution in [0.1, 0.15) is 90.2 Å². The van der Waals surface area contributed by atoms with Gasteiger partial charge in [0.25, 0.3) is 12.4 Å². The molecule has 3 N–H and O–H groups in total. The number of likely N-dealkylation sites (tertiary alicyclic amines) is 1. The molecular weight excluding hydrogens is 781 g/mol. The maximum Gasteiger partial charge on any atom is 0.293 e. The van der Waals surface area contributed by atoms with Crippen molar-refractivity contribution in [1.82, 2.24) is 29.6 Å². The minimum absolute atomic E-state index is 0.0269. The van der Waals surface area contributed by atoms with Crippen molar-refractivity contribution in [2.45, 2.75) is 105 Å². The highest BCUT2D eigenvalue weighted by molar-refractivity contribution is 7.97. The molecule has 14 heteroatoms. The van der Waals surface area contributed by atoms with E-state index in [9.17, 15) is 24.3 Å². The van der Waals surface area contributed by atoms with Crippen molar-refractivity contribution in [3.8, 4) is 28.1 Å². The molecule has 2 aromatic heterocycles. The van der Waals surface area contributed by atoms with E-state index < -0.39 is 17.5 Å². The molecule has 6 rings (SSSR count). The number of aryl methyl sites for hydroxylation is 1. The normalized spacial score (nSPS) is 16.5. The molecule has 0 saturated carbocycles. The Morgan fingerprint density at radius 3 is 2.57 bits per heavy atom. The number of amides is 3. The van der Waals surface area contributed by atoms with Crippen molar-refractivity contribution < 1.29 is 33.8 Å². The van der Waals surface area contributed by atoms with Crippen LogP contribution in [0.4, 0.5) is 0 Å². The second-order valence-corrected chi connectivity index (χ2v) is 17.9. The third kappa shape index (κ3) is 9.98. The molecule has 2 fully saturated rings. The van der Waals surface area contributed by atoms with Gasteiger partial charge in [0, 0.05) is 73.4 Å². The highest BCUT2D eigenvalue weighted by atomic mass is 32.2. The number of carbonyl (C=O) groups is 4. The number of methoxy groups -OCH3 is 1. The average molecular weight is 841 g/mol. The van der Waals surface area contributed by atoms with Gasteiger partial charge in [-0.3, -0.25) is 29.2 Å². The van der Waals surface area contributed by atoms with Gasteiger partial charge in [-0.1, -0.05) is 51.8 Å². The predicted molar refractivity (Wildman–Crippen MR) is 235 cm³/mol. The summed E-state index contributed by atoms with van der Waals surface area (Å²) in [6, 6.07) is 13.9. The van der Waals surface area contributed by atoms with Crippen LogP contribution in [0.2, 0.25) is 0 Å². The number of rotatable bonds is 17. The Kier molecular flexibility index (Phi) is 14.6. The van der Waals surface area contributed by atoms with Crippen LogP contribution in [-0.4, -0.2) is 93.4 Å². The molecule has 4 heterocycles. The molecule has 2 aliphatic heterocycles. The molecule has 3 unspecified atom stereocenters. The number of phenolic OH excluding ortho intramolecular Hbond substituents is 1. The van der Waals surface area contributed by atoms with Crippen LogP contribution in [0.25, 0.3) is 33.3 Å². The summed E-state index contributed by atoms with van der Waals surface area (Å²) in [6.07, 6.45) is 5.08. The predicted octanol–water partition coefficient (Wildman–Crippen LogP) is 6.99. The van der Waals surface area contributed by atoms with Gasteiger partial charge >= 0.3 is 0 Å². The van der Waals surface area contributed by atoms with E-state index in [1.807, 2.05) is 39.0 Å². The minimum Gasteiger partial charge on any atom is -0.508 e. The number of phenols is 1. The Bertz CT molecular complexity index is 2180. The van der Waals surface area contributed by atoms with Crippen molar-refractivity contribution in [3.63, 3.8) is 0 Å². The number of hydrazine groups is 1. The van der Waals surface area contributed by atoms with Gasteiger partial charge < -0.3 is 29.4 Å². The zero-order valence-electron chi connectivity index (χ0n) is 36.0. The largest absolute Gasteiger partial charge is 0.508 e. The zero-order chi connectivity index (χ0) is 43.1. The standard InChI is InChI=1S/C46H60N6O7S/c1-8-50-39-16-15-32(25-36(39)37(26-46(5,6)27-59-28-53)43(50)35-13-11-17-47-41(35)30(4)58-7)33-21-31(22-34(54)24-33)23-38(45(57)52-19-9-10-20-60-49-52)48-44(56)42(29(2)3)51-18-12-14-40(51)55/h11,13,15-17,21-22,24-25,28-30,38,42,49,54H,8-10,12,14,18-20,23,26-27H2,1-7H3,(H,48,56). The fourth-order valence-electron chi connectivity index (χ4n) is 8.64. The van der Waals surface area contributed by atoms with Crippen LogP contribution < -0.4 is 10.1 Å². The molecule has 322 valence electrons. The molecule has 2 aliphatic rings. The third-order valence-electron chi connectivity index (χ3n) is 11.5. The highest BCUT2D eigenvalue weighted by Crippen LogP contribution is 2.42. The molecule has 60 heavy (non-hydrogen) atoms. The van der Waals surface area contributed by atoms with Gasteiger partial charge in [0.05, 0.1) is 24.1 Å². The molecule has 0 radical (unpaired) electrons. The first-order valence-electron chi connectivity index (χ1n) is 21.1. The lowest BCUT2D eigenvalue weighted by Crippen LogP contribution is -2.58. The fourth-order valence-corrected chi connectivity index (χ4v) is 9.41. The van der Waals surface area contributed by atoms with E-state index in [4.69, 9.17) is 14.5 Å². The van der Waals surface area contributed by atoms with Gasteiger partial charge in [-0.15, -0.1) is 0 Å². The first-order chi connectivity index (χ1) is 28.8. The maximum absolute atomic E-state index is 14.3. The smallest absolute Gasteiger partial charge is 0.293 e. The molecular formula is C46H60N6O7S. The highest BCUT2D eigenvalue weighted by Gasteiger charge is 2.38. The second-order valence-electron chi connectivity index (χ2n) is 17.0. The maximum atomic E-state index is 14.3. The number of aromatic hydroxyl groups is 1. The number of pyridine rings is 1. The number of hydrogen-bond donors (Lipinski definition) is 3. The lowest BCUT2D eigenvalue weighted by molar-refractivity contribution is -0.142. The van der Waals surface area contributed by atoms with Gasteiger partial charge in [0.15, 0.2) is 0 Å². The summed E-state index contributed by atoms with van der Waals surface area (Å²) < 4.78 is 13.4. The molecule has 2 aromatic carbocycles. The summed E-state index contributed by atoms with van der Waals surface area (Å²) in [5, 5.41) is 16.9. The van der Waals surface area contributed by atoms with E-state index in [1.165, 1.54) is 11.9 Å². The van der Waals surface area contributed by atoms with E-state index in [-0.39, 0.29) is 48.5 Å². The van der Waals surface area contributed by atoms with Crippen LogP contribution >= 0.6 is 11.9 Å². The van der Waals surface area contributed by atoms with Crippen molar-refractivity contribution >= 4 is 47.0 Å². The van der Waals surface area contributed by atoms with E-state index in [1.54, 1.807) is 35.3 Å². The lowest BCUT2D eigenvalue weighted by Gasteiger charge is -2.32. The number of hydrogen-bond acceptors (Lipinski definition) is 10. The second kappa shape index (κ2) is 19.6. The molecule has 4 aromatic rings. The number of benzene rings is 2. The molecule has 2 saturated heterocycles. The quantitative estimate of drug-likeness (QED) is 0.0749. The monoisotopic (exact) mass is 840 g/mol. The van der Waals surface area contributed by atoms with Crippen molar-refractivity contribution in [3.05, 3.63) is 71.5 Å². The van der Waals surface area contributed by atoms with E-state index in [0.29, 0.717) is 50.9 Å². The Labute approximate surface area is 357 Å². The van der Waals surface area contributed by atoms with Gasteiger partial charge in [0.1, 0.15) is 17.8 Å². The summed E-state index contributed by atoms with van der Waals surface area (Å²) >= 11 is 1.46. The number of carbonyl (C=O) groups excluding carboxylic acids is 4.